The fraction of sp³-hybridized carbons (Fsp3) is 0.533. The van der Waals surface area contributed by atoms with Crippen LogP contribution in [0.25, 0.3) is 10.2 Å². The number of nitrogens with two attached hydrogens (primary N) is 1. The molecule has 1 aromatic heterocycles. The highest BCUT2D eigenvalue weighted by Gasteiger charge is 2.19. The zero-order valence-electron chi connectivity index (χ0n) is 12.6. The molecule has 3 rings (SSSR count). The largest absolute Gasteiger partial charge is 0.397 e. The second kappa shape index (κ2) is 6.17. The number of ether oxygens (including phenoxy) is 1. The highest BCUT2D eigenvalue weighted by atomic mass is 32.1. The highest BCUT2D eigenvalue weighted by Crippen LogP contribution is 2.29. The molecule has 0 saturated carbocycles. The van der Waals surface area contributed by atoms with Gasteiger partial charge in [0.15, 0.2) is 0 Å². The zero-order chi connectivity index (χ0) is 14.8. The van der Waals surface area contributed by atoms with Gasteiger partial charge in [0.2, 0.25) is 0 Å². The molecule has 1 aliphatic rings. The molecule has 1 atom stereocenters. The summed E-state index contributed by atoms with van der Waals surface area (Å²) in [7, 11) is 0. The molecule has 0 spiro atoms. The van der Waals surface area contributed by atoms with Crippen molar-refractivity contribution in [1.82, 2.24) is 9.88 Å². The summed E-state index contributed by atoms with van der Waals surface area (Å²) in [5.74, 6) is 0. The number of thiazole rings is 1. The Morgan fingerprint density at radius 2 is 2.38 bits per heavy atom. The maximum Gasteiger partial charge on any atom is 0.0907 e. The first-order chi connectivity index (χ1) is 10.2. The number of hydrogen-bond acceptors (Lipinski definition) is 6. The number of anilines is 2. The second-order valence-electron chi connectivity index (χ2n) is 5.41. The molecule has 21 heavy (non-hydrogen) atoms. The van der Waals surface area contributed by atoms with E-state index in [0.29, 0.717) is 0 Å². The van der Waals surface area contributed by atoms with E-state index in [1.807, 2.05) is 19.1 Å². The lowest BCUT2D eigenvalue weighted by Crippen LogP contribution is -2.45. The predicted molar refractivity (Wildman–Crippen MR) is 89.1 cm³/mol. The summed E-state index contributed by atoms with van der Waals surface area (Å²) in [5.41, 5.74) is 8.86. The molecule has 0 amide bonds. The van der Waals surface area contributed by atoms with Gasteiger partial charge in [-0.25, -0.2) is 4.98 Å². The van der Waals surface area contributed by atoms with Crippen molar-refractivity contribution >= 4 is 32.9 Å². The monoisotopic (exact) mass is 306 g/mol. The van der Waals surface area contributed by atoms with Crippen LogP contribution in [-0.4, -0.2) is 48.8 Å². The molecule has 0 aliphatic carbocycles. The molecule has 6 heteroatoms. The van der Waals surface area contributed by atoms with Gasteiger partial charge >= 0.3 is 0 Å². The van der Waals surface area contributed by atoms with Crippen LogP contribution in [0.5, 0.6) is 0 Å². The van der Waals surface area contributed by atoms with E-state index in [-0.39, 0.29) is 6.10 Å². The molecule has 2 aromatic rings. The predicted octanol–water partition coefficient (Wildman–Crippen LogP) is 2.32. The SMILES string of the molecule is CCN1CCOC(CNc2cc3nc(C)sc3cc2N)C1. The van der Waals surface area contributed by atoms with Crippen molar-refractivity contribution in [3.05, 3.63) is 17.1 Å². The maximum atomic E-state index is 6.13. The number of benzene rings is 1. The van der Waals surface area contributed by atoms with Crippen molar-refractivity contribution in [3.8, 4) is 0 Å². The van der Waals surface area contributed by atoms with E-state index in [9.17, 15) is 0 Å². The number of aryl methyl sites for hydroxylation is 1. The van der Waals surface area contributed by atoms with Crippen LogP contribution in [0, 0.1) is 6.92 Å². The Hall–Kier alpha value is -1.37. The van der Waals surface area contributed by atoms with Crippen molar-refractivity contribution < 1.29 is 4.74 Å². The van der Waals surface area contributed by atoms with Gasteiger partial charge in [-0.05, 0) is 25.6 Å². The molecule has 1 fully saturated rings. The van der Waals surface area contributed by atoms with Gasteiger partial charge < -0.3 is 15.8 Å². The number of rotatable bonds is 4. The average Bonchev–Trinajstić information content (AvgIpc) is 2.84. The molecule has 1 aliphatic heterocycles. The number of nitrogens with one attached hydrogen (secondary N) is 1. The van der Waals surface area contributed by atoms with Gasteiger partial charge in [0.25, 0.3) is 0 Å². The molecule has 0 bridgehead atoms. The van der Waals surface area contributed by atoms with E-state index in [4.69, 9.17) is 10.5 Å². The van der Waals surface area contributed by atoms with Crippen LogP contribution in [0.15, 0.2) is 12.1 Å². The zero-order valence-corrected chi connectivity index (χ0v) is 13.4. The quantitative estimate of drug-likeness (QED) is 0.849. The third-order valence-electron chi connectivity index (χ3n) is 3.86. The van der Waals surface area contributed by atoms with Crippen molar-refractivity contribution in [1.29, 1.82) is 0 Å². The van der Waals surface area contributed by atoms with Crippen LogP contribution in [0.3, 0.4) is 0 Å². The lowest BCUT2D eigenvalue weighted by molar-refractivity contribution is -0.0191. The van der Waals surface area contributed by atoms with Crippen LogP contribution < -0.4 is 11.1 Å². The number of fused-ring (bicyclic) bond motifs is 1. The van der Waals surface area contributed by atoms with Crippen LogP contribution in [0.1, 0.15) is 11.9 Å². The van der Waals surface area contributed by atoms with E-state index in [1.165, 1.54) is 0 Å². The smallest absolute Gasteiger partial charge is 0.0907 e. The Bertz CT molecular complexity index is 627. The molecule has 114 valence electrons. The van der Waals surface area contributed by atoms with Gasteiger partial charge in [0.05, 0.1) is 39.3 Å². The minimum atomic E-state index is 0.214. The molecule has 1 aromatic carbocycles. The lowest BCUT2D eigenvalue weighted by atomic mass is 10.2. The fourth-order valence-electron chi connectivity index (χ4n) is 2.67. The van der Waals surface area contributed by atoms with Gasteiger partial charge in [0.1, 0.15) is 0 Å². The minimum absolute atomic E-state index is 0.214. The minimum Gasteiger partial charge on any atom is -0.397 e. The Labute approximate surface area is 129 Å². The molecule has 1 unspecified atom stereocenters. The second-order valence-corrected chi connectivity index (χ2v) is 6.64. The first kappa shape index (κ1) is 14.6. The first-order valence-corrected chi connectivity index (χ1v) is 8.22. The van der Waals surface area contributed by atoms with Gasteiger partial charge in [-0.3, -0.25) is 4.90 Å². The van der Waals surface area contributed by atoms with E-state index in [1.54, 1.807) is 11.3 Å². The summed E-state index contributed by atoms with van der Waals surface area (Å²) >= 11 is 1.67. The van der Waals surface area contributed by atoms with Gasteiger partial charge in [-0.2, -0.15) is 0 Å². The van der Waals surface area contributed by atoms with E-state index >= 15 is 0 Å². The molecule has 3 N–H and O–H groups in total. The number of hydrogen-bond donors (Lipinski definition) is 2. The van der Waals surface area contributed by atoms with Crippen LogP contribution in [0.4, 0.5) is 11.4 Å². The van der Waals surface area contributed by atoms with Gasteiger partial charge in [0, 0.05) is 19.6 Å². The molecular weight excluding hydrogens is 284 g/mol. The third kappa shape index (κ3) is 3.28. The Morgan fingerprint density at radius 3 is 3.19 bits per heavy atom. The Kier molecular flexibility index (Phi) is 4.28. The summed E-state index contributed by atoms with van der Waals surface area (Å²) < 4.78 is 6.95. The fourth-order valence-corrected chi connectivity index (χ4v) is 3.53. The normalized spacial score (nSPS) is 20.0. The first-order valence-electron chi connectivity index (χ1n) is 7.40. The summed E-state index contributed by atoms with van der Waals surface area (Å²) in [6.07, 6.45) is 0.214. The summed E-state index contributed by atoms with van der Waals surface area (Å²) in [6, 6.07) is 4.04. The van der Waals surface area contributed by atoms with E-state index in [0.717, 1.165) is 59.4 Å². The van der Waals surface area contributed by atoms with Crippen molar-refractivity contribution in [2.24, 2.45) is 0 Å². The number of nitrogen functional groups attached to an aromatic ring is 1. The molecule has 0 radical (unpaired) electrons. The standard InChI is InChI=1S/C15H22N4OS/c1-3-19-4-5-20-11(9-19)8-17-13-7-14-15(6-12(13)16)21-10(2)18-14/h6-7,11,17H,3-5,8-9,16H2,1-2H3. The number of nitrogens with zero attached hydrogens (tertiary/aromatic N) is 2. The third-order valence-corrected chi connectivity index (χ3v) is 4.79. The summed E-state index contributed by atoms with van der Waals surface area (Å²) in [4.78, 5) is 6.93. The van der Waals surface area contributed by atoms with Crippen LogP contribution >= 0.6 is 11.3 Å². The number of aromatic nitrogens is 1. The van der Waals surface area contributed by atoms with E-state index < -0.39 is 0 Å². The van der Waals surface area contributed by atoms with Crippen molar-refractivity contribution in [2.75, 3.05) is 43.8 Å². The van der Waals surface area contributed by atoms with Gasteiger partial charge in [-0.1, -0.05) is 6.92 Å². The Balaban J connectivity index is 1.68. The van der Waals surface area contributed by atoms with Crippen molar-refractivity contribution in [3.63, 3.8) is 0 Å². The molecule has 5 nitrogen and oxygen atoms in total. The Morgan fingerprint density at radius 1 is 1.52 bits per heavy atom. The lowest BCUT2D eigenvalue weighted by Gasteiger charge is -2.32. The summed E-state index contributed by atoms with van der Waals surface area (Å²) in [5, 5.41) is 4.48. The molecule has 1 saturated heterocycles. The van der Waals surface area contributed by atoms with Crippen LogP contribution in [0.2, 0.25) is 0 Å². The number of likely N-dealkylation sites (N-methyl/N-ethyl adjacent to an activating group) is 1. The maximum absolute atomic E-state index is 6.13. The molecule has 2 heterocycles. The highest BCUT2D eigenvalue weighted by molar-refractivity contribution is 7.18. The van der Waals surface area contributed by atoms with Gasteiger partial charge in [-0.15, -0.1) is 11.3 Å². The summed E-state index contributed by atoms with van der Waals surface area (Å²) in [6.45, 7) is 8.86. The van der Waals surface area contributed by atoms with Crippen molar-refractivity contribution in [2.45, 2.75) is 20.0 Å². The van der Waals surface area contributed by atoms with E-state index in [2.05, 4.69) is 22.1 Å². The molecular formula is C15H22N4OS. The topological polar surface area (TPSA) is 63.4 Å². The average molecular weight is 306 g/mol. The van der Waals surface area contributed by atoms with Crippen LogP contribution in [-0.2, 0) is 4.74 Å². The number of morpholine rings is 1.